The van der Waals surface area contributed by atoms with E-state index in [1.807, 2.05) is 13.8 Å². The summed E-state index contributed by atoms with van der Waals surface area (Å²) in [4.78, 5) is 1.44. The number of hydrogen-bond donors (Lipinski definition) is 1. The maximum atomic E-state index is 10.2. The molecule has 0 saturated heterocycles. The van der Waals surface area contributed by atoms with Crippen LogP contribution in [0.25, 0.3) is 0 Å². The molecule has 3 heteroatoms. The van der Waals surface area contributed by atoms with Crippen LogP contribution in [0.3, 0.4) is 0 Å². The van der Waals surface area contributed by atoms with E-state index in [1.54, 1.807) is 0 Å². The quantitative estimate of drug-likeness (QED) is 0.394. The van der Waals surface area contributed by atoms with Crippen molar-refractivity contribution in [2.24, 2.45) is 0 Å². The van der Waals surface area contributed by atoms with Gasteiger partial charge in [-0.2, -0.15) is 0 Å². The lowest BCUT2D eigenvalue weighted by Crippen LogP contribution is -2.38. The summed E-state index contributed by atoms with van der Waals surface area (Å²) in [6.45, 7) is 4.99. The Labute approximate surface area is 49.4 Å². The highest BCUT2D eigenvalue weighted by Gasteiger charge is 1.90. The van der Waals surface area contributed by atoms with Gasteiger partial charge in [0.05, 0.1) is 0 Å². The number of nitrogens with one attached hydrogen (secondary N) is 1. The second kappa shape index (κ2) is 3.29. The average Bonchev–Trinajstić information content (AvgIpc) is 1.69. The van der Waals surface area contributed by atoms with E-state index >= 15 is 0 Å². The second-order valence-electron chi connectivity index (χ2n) is 1.48. The average molecular weight is 115 g/mol. The molecule has 3 nitrogen and oxygen atoms in total. The summed E-state index contributed by atoms with van der Waals surface area (Å²) in [7, 11) is 0. The summed E-state index contributed by atoms with van der Waals surface area (Å²) >= 11 is 0. The lowest BCUT2D eigenvalue weighted by Gasteiger charge is -2.24. The third-order valence-corrected chi connectivity index (χ3v) is 1.05. The van der Waals surface area contributed by atoms with Crippen molar-refractivity contribution in [3.63, 3.8) is 0 Å². The van der Waals surface area contributed by atoms with E-state index in [2.05, 4.69) is 0 Å². The van der Waals surface area contributed by atoms with Gasteiger partial charge in [-0.1, -0.05) is 0 Å². The first kappa shape index (κ1) is 7.27. The van der Waals surface area contributed by atoms with Gasteiger partial charge in [0.2, 0.25) is 0 Å². The molecule has 0 spiro atoms. The van der Waals surface area contributed by atoms with Gasteiger partial charge in [-0.3, -0.25) is 5.41 Å². The molecule has 0 aliphatic carbocycles. The van der Waals surface area contributed by atoms with Crippen molar-refractivity contribution in [1.82, 2.24) is 4.90 Å². The van der Waals surface area contributed by atoms with E-state index in [9.17, 15) is 5.11 Å². The number of rotatable bonds is 2. The van der Waals surface area contributed by atoms with Gasteiger partial charge in [-0.25, -0.2) is 0 Å². The molecule has 1 N–H and O–H groups in total. The van der Waals surface area contributed by atoms with Crippen LogP contribution in [-0.2, 0) is 0 Å². The van der Waals surface area contributed by atoms with Crippen LogP contribution in [0.4, 0.5) is 0 Å². The van der Waals surface area contributed by atoms with E-state index in [0.717, 1.165) is 0 Å². The fourth-order valence-corrected chi connectivity index (χ4v) is 0.511. The number of hydrogen-bond acceptors (Lipinski definition) is 2. The molecule has 0 heterocycles. The molecular weight excluding hydrogens is 104 g/mol. The maximum Gasteiger partial charge on any atom is 0.0462 e. The van der Waals surface area contributed by atoms with E-state index in [-0.39, 0.29) is 0 Å². The van der Waals surface area contributed by atoms with Gasteiger partial charge in [0, 0.05) is 19.1 Å². The summed E-state index contributed by atoms with van der Waals surface area (Å²) in [5.41, 5.74) is 0. The zero-order chi connectivity index (χ0) is 6.57. The monoisotopic (exact) mass is 115 g/mol. The molecule has 0 saturated carbocycles. The summed E-state index contributed by atoms with van der Waals surface area (Å²) in [6.07, 6.45) is 0. The van der Waals surface area contributed by atoms with Crippen molar-refractivity contribution >= 4 is 6.02 Å². The molecule has 48 valence electrons. The first-order valence-electron chi connectivity index (χ1n) is 2.72. The Bertz CT molecular complexity index is 78.5. The topological polar surface area (TPSA) is 50.2 Å². The Kier molecular flexibility index (Phi) is 2.99. The molecule has 0 aliphatic heterocycles. The zero-order valence-corrected chi connectivity index (χ0v) is 5.27. The van der Waals surface area contributed by atoms with Crippen LogP contribution in [0.1, 0.15) is 13.8 Å². The minimum absolute atomic E-state index is 0.588. The molecule has 0 aromatic heterocycles. The molecule has 0 unspecified atom stereocenters. The van der Waals surface area contributed by atoms with Gasteiger partial charge in [0.1, 0.15) is 0 Å². The third kappa shape index (κ3) is 1.82. The van der Waals surface area contributed by atoms with Gasteiger partial charge in [0.25, 0.3) is 0 Å². The molecular formula is C5H11N2O-. The van der Waals surface area contributed by atoms with E-state index < -0.39 is 6.02 Å². The predicted molar refractivity (Wildman–Crippen MR) is 30.6 cm³/mol. The highest BCUT2D eigenvalue weighted by molar-refractivity contribution is 5.64. The fraction of sp³-hybridized carbons (Fsp3) is 0.800. The van der Waals surface area contributed by atoms with Crippen molar-refractivity contribution in [3.8, 4) is 0 Å². The first-order valence-corrected chi connectivity index (χ1v) is 2.72. The number of amidine groups is 1. The van der Waals surface area contributed by atoms with Crippen LogP contribution in [0.5, 0.6) is 0 Å². The molecule has 0 atom stereocenters. The smallest absolute Gasteiger partial charge is 0.0462 e. The SMILES string of the molecule is CCN(CC)C(=N)[O-]. The standard InChI is InChI=1S/C5H12N2O/c1-3-7(4-2)5(6)8/h3-4H2,1-2H3,(H2,6,8)/p-1. The molecule has 0 bridgehead atoms. The van der Waals surface area contributed by atoms with Crippen molar-refractivity contribution in [2.45, 2.75) is 13.8 Å². The fourth-order valence-electron chi connectivity index (χ4n) is 0.511. The summed E-state index contributed by atoms with van der Waals surface area (Å²) in [5.74, 6) is 0. The third-order valence-electron chi connectivity index (χ3n) is 1.05. The van der Waals surface area contributed by atoms with Gasteiger partial charge in [0.15, 0.2) is 0 Å². The van der Waals surface area contributed by atoms with Gasteiger partial charge >= 0.3 is 0 Å². The summed E-state index contributed by atoms with van der Waals surface area (Å²) < 4.78 is 0. The van der Waals surface area contributed by atoms with E-state index in [1.165, 1.54) is 4.90 Å². The van der Waals surface area contributed by atoms with Crippen molar-refractivity contribution < 1.29 is 5.11 Å². The Morgan fingerprint density at radius 2 is 1.88 bits per heavy atom. The van der Waals surface area contributed by atoms with Gasteiger partial charge in [-0.15, -0.1) is 0 Å². The van der Waals surface area contributed by atoms with Crippen LogP contribution in [0.2, 0.25) is 0 Å². The normalized spacial score (nSPS) is 8.75. The van der Waals surface area contributed by atoms with Crippen LogP contribution < -0.4 is 5.11 Å². The van der Waals surface area contributed by atoms with Crippen molar-refractivity contribution in [3.05, 3.63) is 0 Å². The van der Waals surface area contributed by atoms with Crippen LogP contribution >= 0.6 is 0 Å². The Hall–Kier alpha value is -0.730. The Morgan fingerprint density at radius 3 is 1.88 bits per heavy atom. The molecule has 0 radical (unpaired) electrons. The van der Waals surface area contributed by atoms with Crippen LogP contribution in [-0.4, -0.2) is 24.0 Å². The lowest BCUT2D eigenvalue weighted by atomic mass is 10.6. The molecule has 0 rings (SSSR count). The molecule has 0 aromatic carbocycles. The predicted octanol–water partition coefficient (Wildman–Crippen LogP) is -0.377. The lowest BCUT2D eigenvalue weighted by molar-refractivity contribution is -0.236. The highest BCUT2D eigenvalue weighted by Crippen LogP contribution is 1.80. The summed E-state index contributed by atoms with van der Waals surface area (Å²) in [5, 5.41) is 16.8. The molecule has 8 heavy (non-hydrogen) atoms. The van der Waals surface area contributed by atoms with Crippen molar-refractivity contribution in [1.29, 1.82) is 5.41 Å². The van der Waals surface area contributed by atoms with Gasteiger partial charge in [-0.05, 0) is 13.8 Å². The highest BCUT2D eigenvalue weighted by atomic mass is 16.3. The van der Waals surface area contributed by atoms with Crippen LogP contribution in [0, 0.1) is 5.41 Å². The second-order valence-corrected chi connectivity index (χ2v) is 1.48. The van der Waals surface area contributed by atoms with E-state index in [4.69, 9.17) is 5.41 Å². The van der Waals surface area contributed by atoms with Crippen molar-refractivity contribution in [2.75, 3.05) is 13.1 Å². The zero-order valence-electron chi connectivity index (χ0n) is 5.27. The Balaban J connectivity index is 3.52. The number of nitrogens with zero attached hydrogens (tertiary/aromatic N) is 1. The van der Waals surface area contributed by atoms with Crippen LogP contribution in [0.15, 0.2) is 0 Å². The molecule has 0 aromatic rings. The Morgan fingerprint density at radius 1 is 1.50 bits per heavy atom. The minimum Gasteiger partial charge on any atom is -0.846 e. The largest absolute Gasteiger partial charge is 0.846 e. The maximum absolute atomic E-state index is 10.2. The molecule has 0 amide bonds. The van der Waals surface area contributed by atoms with E-state index in [0.29, 0.717) is 13.1 Å². The molecule has 0 aliphatic rings. The molecule has 0 fully saturated rings. The summed E-state index contributed by atoms with van der Waals surface area (Å²) in [6, 6.07) is -0.588. The van der Waals surface area contributed by atoms with Gasteiger partial charge < -0.3 is 10.0 Å². The first-order chi connectivity index (χ1) is 3.72. The minimum atomic E-state index is -0.588.